The van der Waals surface area contributed by atoms with Crippen molar-refractivity contribution in [2.75, 3.05) is 19.1 Å². The van der Waals surface area contributed by atoms with Gasteiger partial charge >= 0.3 is 0 Å². The number of benzene rings is 2. The van der Waals surface area contributed by atoms with Crippen molar-refractivity contribution in [3.05, 3.63) is 58.5 Å². The van der Waals surface area contributed by atoms with Crippen LogP contribution in [0.4, 0.5) is 11.4 Å². The number of hydrogen-bond donors (Lipinski definition) is 0. The molecule has 0 saturated carbocycles. The molecule has 0 unspecified atom stereocenters. The third-order valence-corrected chi connectivity index (χ3v) is 6.81. The normalized spacial score (nSPS) is 19.6. The van der Waals surface area contributed by atoms with Crippen LogP contribution in [0.2, 0.25) is 0 Å². The second-order valence-electron chi connectivity index (χ2n) is 5.47. The fraction of sp³-hybridized carbons (Fsp3) is 0.111. The Balaban J connectivity index is 1.91. The molecular weight excluding hydrogens is 372 g/mol. The molecular formula is C18H14N2O2S3. The number of likely N-dealkylation sites (N-methyl/N-ethyl adjacent to an activating group) is 1. The zero-order chi connectivity index (χ0) is 17.6. The van der Waals surface area contributed by atoms with Crippen LogP contribution in [-0.2, 0) is 4.79 Å². The number of carbonyl (C=O) groups is 1. The lowest BCUT2D eigenvalue weighted by atomic mass is 10.2. The van der Waals surface area contributed by atoms with Crippen molar-refractivity contribution >= 4 is 57.3 Å². The molecule has 2 aromatic carbocycles. The van der Waals surface area contributed by atoms with E-state index in [2.05, 4.69) is 4.90 Å². The molecule has 0 spiro atoms. The molecule has 126 valence electrons. The maximum Gasteiger partial charge on any atom is 0.268 e. The van der Waals surface area contributed by atoms with Crippen molar-refractivity contribution in [2.24, 2.45) is 0 Å². The molecule has 2 aliphatic heterocycles. The summed E-state index contributed by atoms with van der Waals surface area (Å²) in [6.07, 6.45) is 0. The van der Waals surface area contributed by atoms with E-state index in [9.17, 15) is 4.79 Å². The Morgan fingerprint density at radius 3 is 2.48 bits per heavy atom. The Morgan fingerprint density at radius 2 is 1.84 bits per heavy atom. The van der Waals surface area contributed by atoms with Crippen molar-refractivity contribution in [3.8, 4) is 5.75 Å². The molecule has 0 bridgehead atoms. The number of carbonyl (C=O) groups excluding carboxylic acids is 1. The van der Waals surface area contributed by atoms with E-state index < -0.39 is 0 Å². The number of rotatable bonds is 2. The number of anilines is 2. The van der Waals surface area contributed by atoms with Crippen molar-refractivity contribution in [1.82, 2.24) is 4.90 Å². The van der Waals surface area contributed by atoms with Gasteiger partial charge in [0, 0.05) is 23.7 Å². The van der Waals surface area contributed by atoms with Crippen LogP contribution in [0.1, 0.15) is 0 Å². The molecule has 0 atom stereocenters. The smallest absolute Gasteiger partial charge is 0.268 e. The number of amides is 1. The highest BCUT2D eigenvalue weighted by molar-refractivity contribution is 8.27. The Kier molecular flexibility index (Phi) is 4.23. The summed E-state index contributed by atoms with van der Waals surface area (Å²) in [7, 11) is 3.37. The van der Waals surface area contributed by atoms with Gasteiger partial charge in [0.05, 0.1) is 12.8 Å². The fourth-order valence-corrected chi connectivity index (χ4v) is 5.15. The van der Waals surface area contributed by atoms with E-state index in [4.69, 9.17) is 17.0 Å². The number of thiocarbonyl (C=S) groups is 1. The van der Waals surface area contributed by atoms with Gasteiger partial charge < -0.3 is 9.64 Å². The molecule has 25 heavy (non-hydrogen) atoms. The molecule has 0 radical (unpaired) electrons. The average Bonchev–Trinajstić information content (AvgIpc) is 3.14. The summed E-state index contributed by atoms with van der Waals surface area (Å²) >= 11 is 8.24. The third kappa shape index (κ3) is 2.72. The monoisotopic (exact) mass is 386 g/mol. The Bertz CT molecular complexity index is 912. The zero-order valence-electron chi connectivity index (χ0n) is 13.6. The maximum absolute atomic E-state index is 12.6. The molecule has 2 aromatic rings. The van der Waals surface area contributed by atoms with Gasteiger partial charge in [0.15, 0.2) is 0 Å². The molecule has 4 nitrogen and oxygen atoms in total. The van der Waals surface area contributed by atoms with E-state index in [1.165, 1.54) is 16.7 Å². The standard InChI is InChI=1S/C18H14N2O2S3/c1-19-16(21)15(25-18(19)23)17-20(11-6-4-3-5-7-11)13-10-12(22-2)8-9-14(13)24-17/h3-10H,1-2H3/b17-15+. The Hall–Kier alpha value is -1.96. The van der Waals surface area contributed by atoms with Crippen LogP contribution < -0.4 is 9.64 Å². The number of thioether (sulfide) groups is 2. The molecule has 0 N–H and O–H groups in total. The van der Waals surface area contributed by atoms with E-state index in [0.717, 1.165) is 27.0 Å². The van der Waals surface area contributed by atoms with Crippen LogP contribution in [-0.4, -0.2) is 29.3 Å². The lowest BCUT2D eigenvalue weighted by Crippen LogP contribution is -2.23. The number of fused-ring (bicyclic) bond motifs is 1. The molecule has 2 heterocycles. The molecule has 1 saturated heterocycles. The lowest BCUT2D eigenvalue weighted by Gasteiger charge is -2.21. The first-order chi connectivity index (χ1) is 12.1. The predicted octanol–water partition coefficient (Wildman–Crippen LogP) is 4.60. The van der Waals surface area contributed by atoms with Gasteiger partial charge in [-0.05, 0) is 24.3 Å². The number of hydrogen-bond acceptors (Lipinski definition) is 6. The van der Waals surface area contributed by atoms with Gasteiger partial charge in [-0.2, -0.15) is 0 Å². The van der Waals surface area contributed by atoms with Crippen LogP contribution >= 0.6 is 35.7 Å². The number of para-hydroxylation sites is 1. The van der Waals surface area contributed by atoms with Crippen molar-refractivity contribution in [2.45, 2.75) is 4.90 Å². The van der Waals surface area contributed by atoms with Gasteiger partial charge in [-0.3, -0.25) is 9.69 Å². The maximum atomic E-state index is 12.6. The van der Waals surface area contributed by atoms with Gasteiger partial charge in [-0.15, -0.1) is 0 Å². The number of nitrogens with zero attached hydrogens (tertiary/aromatic N) is 2. The van der Waals surface area contributed by atoms with E-state index in [1.807, 2.05) is 48.5 Å². The summed E-state index contributed by atoms with van der Waals surface area (Å²) < 4.78 is 5.96. The summed E-state index contributed by atoms with van der Waals surface area (Å²) in [5.74, 6) is 0.725. The van der Waals surface area contributed by atoms with Crippen LogP contribution in [0.15, 0.2) is 63.4 Å². The molecule has 7 heteroatoms. The van der Waals surface area contributed by atoms with Gasteiger partial charge in [-0.1, -0.05) is 53.9 Å². The van der Waals surface area contributed by atoms with Crippen LogP contribution in [0.3, 0.4) is 0 Å². The highest BCUT2D eigenvalue weighted by Crippen LogP contribution is 2.54. The average molecular weight is 387 g/mol. The minimum absolute atomic E-state index is 0.0572. The second-order valence-corrected chi connectivity index (χ2v) is 8.15. The summed E-state index contributed by atoms with van der Waals surface area (Å²) in [6.45, 7) is 0. The van der Waals surface area contributed by atoms with Crippen molar-refractivity contribution in [1.29, 1.82) is 0 Å². The predicted molar refractivity (Wildman–Crippen MR) is 107 cm³/mol. The summed E-state index contributed by atoms with van der Waals surface area (Å²) in [4.78, 5) is 18.0. The van der Waals surface area contributed by atoms with E-state index in [0.29, 0.717) is 9.23 Å². The van der Waals surface area contributed by atoms with Gasteiger partial charge in [-0.25, -0.2) is 0 Å². The van der Waals surface area contributed by atoms with Crippen LogP contribution in [0.25, 0.3) is 0 Å². The van der Waals surface area contributed by atoms with E-state index in [1.54, 1.807) is 25.9 Å². The van der Waals surface area contributed by atoms with Crippen LogP contribution in [0, 0.1) is 0 Å². The lowest BCUT2D eigenvalue weighted by molar-refractivity contribution is -0.121. The second kappa shape index (κ2) is 6.40. The number of methoxy groups -OCH3 is 1. The summed E-state index contributed by atoms with van der Waals surface area (Å²) in [5.41, 5.74) is 2.00. The summed E-state index contributed by atoms with van der Waals surface area (Å²) in [6, 6.07) is 16.0. The molecule has 4 rings (SSSR count). The minimum Gasteiger partial charge on any atom is -0.497 e. The first-order valence-electron chi connectivity index (χ1n) is 7.55. The Labute approximate surface area is 159 Å². The highest BCUT2D eigenvalue weighted by Gasteiger charge is 2.38. The first kappa shape index (κ1) is 16.5. The highest BCUT2D eigenvalue weighted by atomic mass is 32.2. The largest absolute Gasteiger partial charge is 0.497 e. The zero-order valence-corrected chi connectivity index (χ0v) is 16.0. The Morgan fingerprint density at radius 1 is 1.08 bits per heavy atom. The van der Waals surface area contributed by atoms with Gasteiger partial charge in [0.2, 0.25) is 0 Å². The molecule has 0 aliphatic carbocycles. The number of ether oxygens (including phenoxy) is 1. The minimum atomic E-state index is -0.0572. The quantitative estimate of drug-likeness (QED) is 0.554. The third-order valence-electron chi connectivity index (χ3n) is 3.99. The molecule has 0 aromatic heterocycles. The molecule has 1 amide bonds. The van der Waals surface area contributed by atoms with Gasteiger partial charge in [0.25, 0.3) is 5.91 Å². The SMILES string of the molecule is COc1ccc2c(c1)N(c1ccccc1)/C(=C1\SC(=S)N(C)C1=O)S2. The van der Waals surface area contributed by atoms with Gasteiger partial charge in [0.1, 0.15) is 20.0 Å². The molecule has 2 aliphatic rings. The van der Waals surface area contributed by atoms with Crippen molar-refractivity contribution in [3.63, 3.8) is 0 Å². The summed E-state index contributed by atoms with van der Waals surface area (Å²) in [5, 5.41) is 0.885. The van der Waals surface area contributed by atoms with Crippen LogP contribution in [0.5, 0.6) is 5.75 Å². The molecule has 1 fully saturated rings. The fourth-order valence-electron chi connectivity index (χ4n) is 2.70. The van der Waals surface area contributed by atoms with Crippen molar-refractivity contribution < 1.29 is 9.53 Å². The topological polar surface area (TPSA) is 32.8 Å². The first-order valence-corrected chi connectivity index (χ1v) is 9.59. The van der Waals surface area contributed by atoms with E-state index >= 15 is 0 Å². The van der Waals surface area contributed by atoms with E-state index in [-0.39, 0.29) is 5.91 Å².